The molecular formula is C21H27N5O4S2. The zero-order chi connectivity index (χ0) is 23.8. The minimum Gasteiger partial charge on any atom is -0.365 e. The number of amides is 2. The average Bonchev–Trinajstić information content (AvgIpc) is 3.21. The van der Waals surface area contributed by atoms with Gasteiger partial charge in [0.2, 0.25) is 15.9 Å². The van der Waals surface area contributed by atoms with E-state index >= 15 is 0 Å². The van der Waals surface area contributed by atoms with Gasteiger partial charge in [-0.05, 0) is 44.5 Å². The quantitative estimate of drug-likeness (QED) is 0.516. The standard InChI is InChI=1S/C21H27N5O4S2/c1-6-26-16-8-7-14(32(29,30)25(4)5)11-15(16)23-17(26)9-10-18(27)24-21-19(20(22)28)12(2)13(3)31-21/h7-8,11H,6,9-10H2,1-5H3,(H2,22,28)(H,24,27). The third kappa shape index (κ3) is 4.41. The van der Waals surface area contributed by atoms with E-state index in [1.807, 2.05) is 18.4 Å². The van der Waals surface area contributed by atoms with Crippen LogP contribution >= 0.6 is 11.3 Å². The van der Waals surface area contributed by atoms with Crippen molar-refractivity contribution in [3.8, 4) is 0 Å². The highest BCUT2D eigenvalue weighted by molar-refractivity contribution is 7.89. The van der Waals surface area contributed by atoms with Crippen molar-refractivity contribution in [2.45, 2.75) is 45.1 Å². The molecule has 3 rings (SSSR count). The van der Waals surface area contributed by atoms with Crippen LogP contribution < -0.4 is 11.1 Å². The Hall–Kier alpha value is -2.76. The molecule has 1 aromatic carbocycles. The number of hydrogen-bond acceptors (Lipinski definition) is 6. The van der Waals surface area contributed by atoms with E-state index in [9.17, 15) is 18.0 Å². The molecule has 0 aliphatic carbocycles. The van der Waals surface area contributed by atoms with E-state index in [0.717, 1.165) is 20.3 Å². The fourth-order valence-corrected chi connectivity index (χ4v) is 5.50. The number of carbonyl (C=O) groups excluding carboxylic acids is 2. The molecule has 172 valence electrons. The van der Waals surface area contributed by atoms with Gasteiger partial charge in [0.15, 0.2) is 0 Å². The molecule has 2 amide bonds. The van der Waals surface area contributed by atoms with Gasteiger partial charge in [-0.1, -0.05) is 0 Å². The van der Waals surface area contributed by atoms with Crippen LogP contribution in [0.25, 0.3) is 11.0 Å². The number of benzene rings is 1. The lowest BCUT2D eigenvalue weighted by atomic mass is 10.1. The number of hydrogen-bond donors (Lipinski definition) is 2. The second-order valence-electron chi connectivity index (χ2n) is 7.61. The lowest BCUT2D eigenvalue weighted by Crippen LogP contribution is -2.22. The molecule has 32 heavy (non-hydrogen) atoms. The topological polar surface area (TPSA) is 127 Å². The summed E-state index contributed by atoms with van der Waals surface area (Å²) in [7, 11) is -0.607. The van der Waals surface area contributed by atoms with Crippen molar-refractivity contribution in [2.24, 2.45) is 5.73 Å². The number of primary amides is 1. The molecule has 0 atom stereocenters. The van der Waals surface area contributed by atoms with Crippen LogP contribution in [0.15, 0.2) is 23.1 Å². The number of rotatable bonds is 8. The minimum absolute atomic E-state index is 0.153. The van der Waals surface area contributed by atoms with Crippen LogP contribution in [0.3, 0.4) is 0 Å². The largest absolute Gasteiger partial charge is 0.365 e. The molecule has 2 heterocycles. The monoisotopic (exact) mass is 477 g/mol. The van der Waals surface area contributed by atoms with Gasteiger partial charge in [-0.3, -0.25) is 9.59 Å². The highest BCUT2D eigenvalue weighted by Crippen LogP contribution is 2.32. The summed E-state index contributed by atoms with van der Waals surface area (Å²) in [6.45, 7) is 6.26. The molecule has 0 unspecified atom stereocenters. The molecule has 11 heteroatoms. The highest BCUT2D eigenvalue weighted by atomic mass is 32.2. The molecule has 0 saturated carbocycles. The Morgan fingerprint density at radius 1 is 1.25 bits per heavy atom. The summed E-state index contributed by atoms with van der Waals surface area (Å²) in [4.78, 5) is 30.0. The van der Waals surface area contributed by atoms with Crippen LogP contribution in [0.4, 0.5) is 5.00 Å². The molecular weight excluding hydrogens is 450 g/mol. The Balaban J connectivity index is 1.83. The maximum absolute atomic E-state index is 12.6. The first kappa shape index (κ1) is 23.9. The van der Waals surface area contributed by atoms with Gasteiger partial charge in [0.25, 0.3) is 5.91 Å². The second kappa shape index (κ2) is 9.00. The van der Waals surface area contributed by atoms with E-state index in [2.05, 4.69) is 10.3 Å². The predicted molar refractivity (Wildman–Crippen MR) is 126 cm³/mol. The molecule has 0 aliphatic rings. The van der Waals surface area contributed by atoms with Gasteiger partial charge in [0, 0.05) is 38.4 Å². The van der Waals surface area contributed by atoms with Crippen LogP contribution in [0.2, 0.25) is 0 Å². The summed E-state index contributed by atoms with van der Waals surface area (Å²) in [5, 5.41) is 3.25. The summed E-state index contributed by atoms with van der Waals surface area (Å²) in [5.74, 6) is -0.136. The molecule has 0 fully saturated rings. The van der Waals surface area contributed by atoms with E-state index in [4.69, 9.17) is 5.73 Å². The van der Waals surface area contributed by atoms with Crippen LogP contribution in [-0.2, 0) is 27.8 Å². The third-order valence-electron chi connectivity index (χ3n) is 5.35. The van der Waals surface area contributed by atoms with Crippen LogP contribution in [-0.4, -0.2) is 48.2 Å². The van der Waals surface area contributed by atoms with E-state index in [-0.39, 0.29) is 17.2 Å². The average molecular weight is 478 g/mol. The number of nitrogens with two attached hydrogens (primary N) is 1. The number of sulfonamides is 1. The molecule has 0 bridgehead atoms. The van der Waals surface area contributed by atoms with Crippen LogP contribution in [0.1, 0.15) is 40.0 Å². The molecule has 2 aromatic heterocycles. The van der Waals surface area contributed by atoms with Crippen LogP contribution in [0, 0.1) is 13.8 Å². The lowest BCUT2D eigenvalue weighted by Gasteiger charge is -2.11. The van der Waals surface area contributed by atoms with Gasteiger partial charge in [-0.15, -0.1) is 11.3 Å². The Kier molecular flexibility index (Phi) is 6.72. The number of nitrogens with zero attached hydrogens (tertiary/aromatic N) is 3. The van der Waals surface area contributed by atoms with Gasteiger partial charge in [0.05, 0.1) is 21.5 Å². The van der Waals surface area contributed by atoms with Crippen molar-refractivity contribution < 1.29 is 18.0 Å². The fraction of sp³-hybridized carbons (Fsp3) is 0.381. The fourth-order valence-electron chi connectivity index (χ4n) is 3.50. The van der Waals surface area contributed by atoms with Gasteiger partial charge in [-0.25, -0.2) is 17.7 Å². The van der Waals surface area contributed by atoms with Gasteiger partial charge in [0.1, 0.15) is 10.8 Å². The summed E-state index contributed by atoms with van der Waals surface area (Å²) in [5.41, 5.74) is 7.95. The van der Waals surface area contributed by atoms with Crippen molar-refractivity contribution in [1.29, 1.82) is 0 Å². The highest BCUT2D eigenvalue weighted by Gasteiger charge is 2.21. The molecule has 0 saturated heterocycles. The SMILES string of the molecule is CCn1c(CCC(=O)Nc2sc(C)c(C)c2C(N)=O)nc2cc(S(=O)(=O)N(C)C)ccc21. The zero-order valence-corrected chi connectivity index (χ0v) is 20.4. The van der Waals surface area contributed by atoms with Gasteiger partial charge < -0.3 is 15.6 Å². The summed E-state index contributed by atoms with van der Waals surface area (Å²) < 4.78 is 28.0. The van der Waals surface area contributed by atoms with Crippen molar-refractivity contribution in [2.75, 3.05) is 19.4 Å². The first-order chi connectivity index (χ1) is 15.0. The molecule has 0 radical (unpaired) electrons. The molecule has 3 aromatic rings. The van der Waals surface area contributed by atoms with E-state index in [1.54, 1.807) is 25.1 Å². The molecule has 9 nitrogen and oxygen atoms in total. The number of thiophene rings is 1. The second-order valence-corrected chi connectivity index (χ2v) is 11.0. The van der Waals surface area contributed by atoms with Crippen molar-refractivity contribution in [1.82, 2.24) is 13.9 Å². The Morgan fingerprint density at radius 3 is 2.53 bits per heavy atom. The number of aromatic nitrogens is 2. The van der Waals surface area contributed by atoms with Crippen molar-refractivity contribution >= 4 is 49.2 Å². The zero-order valence-electron chi connectivity index (χ0n) is 18.7. The number of carbonyl (C=O) groups is 2. The predicted octanol–water partition coefficient (Wildman–Crippen LogP) is 2.66. The summed E-state index contributed by atoms with van der Waals surface area (Å²) in [6.07, 6.45) is 0.514. The molecule has 3 N–H and O–H groups in total. The Morgan fingerprint density at radius 2 is 1.94 bits per heavy atom. The van der Waals surface area contributed by atoms with E-state index in [1.165, 1.54) is 25.4 Å². The van der Waals surface area contributed by atoms with E-state index < -0.39 is 15.9 Å². The first-order valence-electron chi connectivity index (χ1n) is 10.1. The summed E-state index contributed by atoms with van der Waals surface area (Å²) >= 11 is 1.32. The smallest absolute Gasteiger partial charge is 0.251 e. The van der Waals surface area contributed by atoms with E-state index in [0.29, 0.717) is 34.9 Å². The van der Waals surface area contributed by atoms with Crippen molar-refractivity contribution in [3.63, 3.8) is 0 Å². The number of anilines is 1. The first-order valence-corrected chi connectivity index (χ1v) is 12.3. The number of fused-ring (bicyclic) bond motifs is 1. The van der Waals surface area contributed by atoms with Crippen LogP contribution in [0.5, 0.6) is 0 Å². The van der Waals surface area contributed by atoms with Gasteiger partial charge in [-0.2, -0.15) is 0 Å². The van der Waals surface area contributed by atoms with Gasteiger partial charge >= 0.3 is 0 Å². The lowest BCUT2D eigenvalue weighted by molar-refractivity contribution is -0.116. The molecule has 0 aliphatic heterocycles. The van der Waals surface area contributed by atoms with Crippen molar-refractivity contribution in [3.05, 3.63) is 40.0 Å². The maximum atomic E-state index is 12.6. The minimum atomic E-state index is -3.57. The maximum Gasteiger partial charge on any atom is 0.251 e. The normalized spacial score (nSPS) is 11.9. The molecule has 0 spiro atoms. The number of imidazole rings is 1. The Bertz CT molecular complexity index is 1310. The number of nitrogens with one attached hydrogen (secondary N) is 1. The number of aryl methyl sites for hydroxylation is 3. The summed E-state index contributed by atoms with van der Waals surface area (Å²) in [6, 6.07) is 4.85. The Labute approximate surface area is 191 Å². The third-order valence-corrected chi connectivity index (χ3v) is 8.29.